The molecule has 0 aliphatic heterocycles. The monoisotopic (exact) mass is 657 g/mol. The zero-order valence-corrected chi connectivity index (χ0v) is 29.6. The number of benzene rings is 7. The van der Waals surface area contributed by atoms with Crippen molar-refractivity contribution >= 4 is 41.4 Å². The van der Waals surface area contributed by atoms with Gasteiger partial charge in [0.1, 0.15) is 0 Å². The quantitative estimate of drug-likeness (QED) is 0.104. The highest BCUT2D eigenvalue weighted by atomic mass is 15.1. The van der Waals surface area contributed by atoms with E-state index in [0.717, 1.165) is 22.6 Å². The van der Waals surface area contributed by atoms with Crippen LogP contribution in [0.2, 0.25) is 0 Å². The van der Waals surface area contributed by atoms with Crippen LogP contribution in [0.3, 0.4) is 0 Å². The predicted molar refractivity (Wildman–Crippen MR) is 220 cm³/mol. The SMILES string of the molecule is Cc1cccc(C(c2ccc(/C=C/c3ccc(/C=C/c4ccc(N(c5ccccc5)c5cccc(C)c5)cc4)cc3)cc2)c2cccc(C)c2)c1. The molecule has 248 valence electrons. The minimum atomic E-state index is 0.198. The summed E-state index contributed by atoms with van der Waals surface area (Å²) in [5.41, 5.74) is 15.9. The van der Waals surface area contributed by atoms with Crippen molar-refractivity contribution in [3.05, 3.63) is 232 Å². The Bertz CT molecular complexity index is 2210. The standard InChI is InChI=1S/C50H43N/c1-37-10-7-13-45(34-37)50(46-14-8-11-38(2)35-46)44-30-26-42(27-31-44)24-22-40-18-20-41(21-19-40)23-25-43-28-32-48(33-29-43)51(47-15-5-4-6-16-47)49-17-9-12-39(3)36-49/h4-36,50H,1-3H3/b24-22+,25-23+. The van der Waals surface area contributed by atoms with Gasteiger partial charge in [-0.25, -0.2) is 0 Å². The van der Waals surface area contributed by atoms with E-state index in [0.29, 0.717) is 0 Å². The minimum Gasteiger partial charge on any atom is -0.310 e. The number of para-hydroxylation sites is 1. The van der Waals surface area contributed by atoms with Crippen LogP contribution in [0.1, 0.15) is 61.6 Å². The molecule has 0 heterocycles. The van der Waals surface area contributed by atoms with E-state index in [-0.39, 0.29) is 5.92 Å². The molecule has 0 radical (unpaired) electrons. The fourth-order valence-electron chi connectivity index (χ4n) is 6.71. The molecule has 0 saturated carbocycles. The maximum atomic E-state index is 2.31. The van der Waals surface area contributed by atoms with Gasteiger partial charge >= 0.3 is 0 Å². The van der Waals surface area contributed by atoms with Gasteiger partial charge in [0, 0.05) is 23.0 Å². The molecule has 7 aromatic carbocycles. The average Bonchev–Trinajstić information content (AvgIpc) is 3.15. The summed E-state index contributed by atoms with van der Waals surface area (Å²) in [4.78, 5) is 2.30. The lowest BCUT2D eigenvalue weighted by Gasteiger charge is -2.25. The molecule has 7 rings (SSSR count). The molecule has 0 atom stereocenters. The number of hydrogen-bond acceptors (Lipinski definition) is 1. The van der Waals surface area contributed by atoms with Crippen LogP contribution in [0.15, 0.2) is 176 Å². The molecule has 0 amide bonds. The van der Waals surface area contributed by atoms with E-state index in [1.807, 2.05) is 0 Å². The minimum absolute atomic E-state index is 0.198. The molecule has 0 aromatic heterocycles. The van der Waals surface area contributed by atoms with Crippen molar-refractivity contribution in [2.45, 2.75) is 26.7 Å². The van der Waals surface area contributed by atoms with Crippen molar-refractivity contribution in [3.63, 3.8) is 0 Å². The molecule has 0 fully saturated rings. The summed E-state index contributed by atoms with van der Waals surface area (Å²) < 4.78 is 0. The van der Waals surface area contributed by atoms with Crippen LogP contribution in [0.5, 0.6) is 0 Å². The largest absolute Gasteiger partial charge is 0.310 e. The number of anilines is 3. The Morgan fingerprint density at radius 1 is 0.333 bits per heavy atom. The topological polar surface area (TPSA) is 3.24 Å². The number of hydrogen-bond donors (Lipinski definition) is 0. The zero-order valence-electron chi connectivity index (χ0n) is 29.6. The number of nitrogens with zero attached hydrogens (tertiary/aromatic N) is 1. The summed E-state index contributed by atoms with van der Waals surface area (Å²) in [7, 11) is 0. The summed E-state index contributed by atoms with van der Waals surface area (Å²) in [6.45, 7) is 6.47. The fourth-order valence-corrected chi connectivity index (χ4v) is 6.71. The molecular formula is C50H43N. The molecule has 7 aromatic rings. The van der Waals surface area contributed by atoms with Crippen molar-refractivity contribution in [2.75, 3.05) is 4.90 Å². The highest BCUT2D eigenvalue weighted by Gasteiger charge is 2.17. The molecule has 1 heteroatoms. The Labute approximate surface area is 303 Å². The summed E-state index contributed by atoms with van der Waals surface area (Å²) >= 11 is 0. The molecule has 0 aliphatic rings. The second kappa shape index (κ2) is 15.6. The second-order valence-electron chi connectivity index (χ2n) is 13.4. The third-order valence-corrected chi connectivity index (χ3v) is 9.32. The zero-order chi connectivity index (χ0) is 35.0. The first-order chi connectivity index (χ1) is 25.0. The van der Waals surface area contributed by atoms with Crippen LogP contribution in [-0.4, -0.2) is 0 Å². The second-order valence-corrected chi connectivity index (χ2v) is 13.4. The van der Waals surface area contributed by atoms with E-state index in [9.17, 15) is 0 Å². The molecule has 1 nitrogen and oxygen atoms in total. The molecule has 0 unspecified atom stereocenters. The average molecular weight is 658 g/mol. The maximum absolute atomic E-state index is 2.31. The van der Waals surface area contributed by atoms with E-state index in [1.165, 1.54) is 50.1 Å². The Kier molecular flexibility index (Phi) is 10.2. The Morgan fingerprint density at radius 2 is 0.725 bits per heavy atom. The van der Waals surface area contributed by atoms with Gasteiger partial charge < -0.3 is 4.90 Å². The van der Waals surface area contributed by atoms with Gasteiger partial charge in [0.25, 0.3) is 0 Å². The first-order valence-electron chi connectivity index (χ1n) is 17.7. The maximum Gasteiger partial charge on any atom is 0.0464 e. The number of rotatable bonds is 10. The molecule has 51 heavy (non-hydrogen) atoms. The van der Waals surface area contributed by atoms with Gasteiger partial charge in [-0.1, -0.05) is 175 Å². The van der Waals surface area contributed by atoms with Crippen molar-refractivity contribution < 1.29 is 0 Å². The lowest BCUT2D eigenvalue weighted by molar-refractivity contribution is 0.971. The Hall–Kier alpha value is -6.18. The van der Waals surface area contributed by atoms with Gasteiger partial charge in [-0.05, 0) is 102 Å². The summed E-state index contributed by atoms with van der Waals surface area (Å²) in [5.74, 6) is 0.198. The van der Waals surface area contributed by atoms with Gasteiger partial charge in [-0.15, -0.1) is 0 Å². The predicted octanol–water partition coefficient (Wildman–Crippen LogP) is 13.6. The van der Waals surface area contributed by atoms with E-state index < -0.39 is 0 Å². The van der Waals surface area contributed by atoms with E-state index in [4.69, 9.17) is 0 Å². The van der Waals surface area contributed by atoms with Crippen LogP contribution < -0.4 is 4.90 Å². The van der Waals surface area contributed by atoms with Crippen molar-refractivity contribution in [1.29, 1.82) is 0 Å². The smallest absolute Gasteiger partial charge is 0.0464 e. The van der Waals surface area contributed by atoms with Crippen molar-refractivity contribution in [2.24, 2.45) is 0 Å². The molecule has 0 aliphatic carbocycles. The molecule has 0 N–H and O–H groups in total. The molecule has 0 spiro atoms. The third kappa shape index (κ3) is 8.35. The van der Waals surface area contributed by atoms with Gasteiger partial charge in [0.15, 0.2) is 0 Å². The van der Waals surface area contributed by atoms with Gasteiger partial charge in [0.05, 0.1) is 0 Å². The lowest BCUT2D eigenvalue weighted by atomic mass is 9.84. The summed E-state index contributed by atoms with van der Waals surface area (Å²) in [5, 5.41) is 0. The first kappa shape index (κ1) is 33.3. The molecule has 0 bridgehead atoms. The normalized spacial score (nSPS) is 11.5. The van der Waals surface area contributed by atoms with E-state index in [1.54, 1.807) is 0 Å². The van der Waals surface area contributed by atoms with E-state index in [2.05, 4.69) is 226 Å². The van der Waals surface area contributed by atoms with Gasteiger partial charge in [-0.2, -0.15) is 0 Å². The summed E-state index contributed by atoms with van der Waals surface area (Å²) in [6, 6.07) is 63.4. The van der Waals surface area contributed by atoms with Crippen LogP contribution in [-0.2, 0) is 0 Å². The van der Waals surface area contributed by atoms with Crippen molar-refractivity contribution in [3.8, 4) is 0 Å². The van der Waals surface area contributed by atoms with Crippen LogP contribution in [0, 0.1) is 20.8 Å². The van der Waals surface area contributed by atoms with Crippen LogP contribution in [0.25, 0.3) is 24.3 Å². The van der Waals surface area contributed by atoms with Gasteiger partial charge in [0.2, 0.25) is 0 Å². The van der Waals surface area contributed by atoms with Gasteiger partial charge in [-0.3, -0.25) is 0 Å². The summed E-state index contributed by atoms with van der Waals surface area (Å²) in [6.07, 6.45) is 8.73. The van der Waals surface area contributed by atoms with Crippen molar-refractivity contribution in [1.82, 2.24) is 0 Å². The fraction of sp³-hybridized carbons (Fsp3) is 0.0800. The van der Waals surface area contributed by atoms with Crippen LogP contribution >= 0.6 is 0 Å². The molecular weight excluding hydrogens is 615 g/mol. The highest BCUT2D eigenvalue weighted by molar-refractivity contribution is 5.78. The van der Waals surface area contributed by atoms with Crippen LogP contribution in [0.4, 0.5) is 17.1 Å². The molecule has 0 saturated heterocycles. The Morgan fingerprint density at radius 3 is 1.20 bits per heavy atom. The third-order valence-electron chi connectivity index (χ3n) is 9.32. The lowest BCUT2D eigenvalue weighted by Crippen LogP contribution is -2.09. The first-order valence-corrected chi connectivity index (χ1v) is 17.7. The number of aryl methyl sites for hydroxylation is 3. The highest BCUT2D eigenvalue weighted by Crippen LogP contribution is 2.35. The van der Waals surface area contributed by atoms with E-state index >= 15 is 0 Å². The Balaban J connectivity index is 1.03.